The predicted molar refractivity (Wildman–Crippen MR) is 133 cm³/mol. The van der Waals surface area contributed by atoms with E-state index in [4.69, 9.17) is 20.9 Å². The van der Waals surface area contributed by atoms with Gasteiger partial charge < -0.3 is 24.6 Å². The number of carbonyl (C=O) groups is 2. The smallest absolute Gasteiger partial charge is 0.412 e. The van der Waals surface area contributed by atoms with Gasteiger partial charge in [0, 0.05) is 25.2 Å². The molecule has 1 heterocycles. The van der Waals surface area contributed by atoms with Gasteiger partial charge in [-0.3, -0.25) is 5.32 Å². The maximum absolute atomic E-state index is 13.6. The summed E-state index contributed by atoms with van der Waals surface area (Å²) < 4.78 is 24.2. The number of nitrogens with one attached hydrogen (secondary N) is 2. The number of aromatic nitrogens is 1. The van der Waals surface area contributed by atoms with E-state index in [1.54, 1.807) is 26.0 Å². The molecule has 9 nitrogen and oxygen atoms in total. The van der Waals surface area contributed by atoms with E-state index in [0.29, 0.717) is 11.3 Å². The summed E-state index contributed by atoms with van der Waals surface area (Å²) in [6, 6.07) is 13.9. The normalized spacial score (nSPS) is 12.1. The fourth-order valence-electron chi connectivity index (χ4n) is 3.42. The number of carbonyl (C=O) groups excluding carboxylic acids is 2. The third kappa shape index (κ3) is 7.69. The van der Waals surface area contributed by atoms with Crippen LogP contribution in [0.15, 0.2) is 59.1 Å². The Labute approximate surface area is 213 Å². The average Bonchev–Trinajstić information content (AvgIpc) is 3.30. The maximum Gasteiger partial charge on any atom is 0.412 e. The lowest BCUT2D eigenvalue weighted by Gasteiger charge is -2.32. The molecule has 3 N–H and O–H groups in total. The van der Waals surface area contributed by atoms with E-state index < -0.39 is 29.6 Å². The Balaban J connectivity index is 1.58. The van der Waals surface area contributed by atoms with E-state index in [1.807, 2.05) is 30.3 Å². The number of rotatable bonds is 9. The molecule has 0 fully saturated rings. The third-order valence-corrected chi connectivity index (χ3v) is 5.69. The average molecular weight is 519 g/mol. The van der Waals surface area contributed by atoms with Crippen molar-refractivity contribution in [1.29, 1.82) is 0 Å². The highest BCUT2D eigenvalue weighted by Crippen LogP contribution is 2.23. The van der Waals surface area contributed by atoms with Crippen molar-refractivity contribution in [3.63, 3.8) is 0 Å². The fraction of sp³-hybridized carbons (Fsp3) is 0.320. The zero-order chi connectivity index (χ0) is 26.3. The van der Waals surface area contributed by atoms with Crippen LogP contribution >= 0.6 is 11.6 Å². The first kappa shape index (κ1) is 27.0. The molecule has 0 aliphatic carbocycles. The highest BCUT2D eigenvalue weighted by atomic mass is 35.5. The Kier molecular flexibility index (Phi) is 8.89. The van der Waals surface area contributed by atoms with Crippen molar-refractivity contribution in [2.24, 2.45) is 0 Å². The van der Waals surface area contributed by atoms with Crippen LogP contribution in [-0.4, -0.2) is 52.6 Å². The van der Waals surface area contributed by atoms with Gasteiger partial charge in [-0.25, -0.2) is 14.0 Å². The molecule has 2 aromatic carbocycles. The summed E-state index contributed by atoms with van der Waals surface area (Å²) in [7, 11) is 1.50. The van der Waals surface area contributed by atoms with Crippen LogP contribution in [0.25, 0.3) is 11.3 Å². The summed E-state index contributed by atoms with van der Waals surface area (Å²) in [6.07, 6.45) is -0.684. The van der Waals surface area contributed by atoms with E-state index >= 15 is 0 Å². The first-order valence-electron chi connectivity index (χ1n) is 11.2. The van der Waals surface area contributed by atoms with Gasteiger partial charge in [-0.2, -0.15) is 0 Å². The van der Waals surface area contributed by atoms with Crippen molar-refractivity contribution in [1.82, 2.24) is 15.4 Å². The molecule has 0 bridgehead atoms. The lowest BCUT2D eigenvalue weighted by Crippen LogP contribution is -2.48. The molecule has 11 heteroatoms. The first-order valence-corrected chi connectivity index (χ1v) is 11.5. The number of amides is 3. The van der Waals surface area contributed by atoms with Gasteiger partial charge >= 0.3 is 12.1 Å². The molecule has 0 aliphatic heterocycles. The highest BCUT2D eigenvalue weighted by molar-refractivity contribution is 6.31. The van der Waals surface area contributed by atoms with E-state index in [0.717, 1.165) is 5.56 Å². The number of hydrogen-bond donors (Lipinski definition) is 3. The van der Waals surface area contributed by atoms with Crippen LogP contribution in [0.4, 0.5) is 19.8 Å². The number of hydrogen-bond acceptors (Lipinski definition) is 6. The Morgan fingerprint density at radius 2 is 1.94 bits per heavy atom. The van der Waals surface area contributed by atoms with Gasteiger partial charge in [0.15, 0.2) is 11.6 Å². The fourth-order valence-corrected chi connectivity index (χ4v) is 3.61. The molecule has 3 rings (SSSR count). The van der Waals surface area contributed by atoms with Crippen molar-refractivity contribution >= 4 is 29.5 Å². The minimum absolute atomic E-state index is 0.00768. The van der Waals surface area contributed by atoms with Gasteiger partial charge in [0.25, 0.3) is 0 Å². The van der Waals surface area contributed by atoms with Gasteiger partial charge in [-0.05, 0) is 31.9 Å². The van der Waals surface area contributed by atoms with E-state index in [9.17, 15) is 19.1 Å². The van der Waals surface area contributed by atoms with Crippen molar-refractivity contribution in [3.05, 3.63) is 71.0 Å². The molecule has 3 aromatic rings. The molecule has 3 amide bonds. The zero-order valence-corrected chi connectivity index (χ0v) is 20.9. The standard InChI is InChI=1S/C25H28ClFN4O5/c1-25(2,34)13-18(31(3)23(32)28-14-17-10-7-11-19(27)22(17)26)15-35-24(33)29-21-12-20(36-30-21)16-8-5-4-6-9-16/h4-12,18,34H,13-15H2,1-3H3,(H,28,32)(H,29,30,33)/t18-/m0/s1. The Morgan fingerprint density at radius 3 is 2.64 bits per heavy atom. The van der Waals surface area contributed by atoms with Crippen LogP contribution in [0.3, 0.4) is 0 Å². The predicted octanol–water partition coefficient (Wildman–Crippen LogP) is 5.05. The second-order valence-corrected chi connectivity index (χ2v) is 9.20. The minimum atomic E-state index is -1.15. The van der Waals surface area contributed by atoms with Crippen LogP contribution in [-0.2, 0) is 11.3 Å². The Hall–Kier alpha value is -3.63. The van der Waals surface area contributed by atoms with Gasteiger partial charge in [-0.1, -0.05) is 59.2 Å². The Bertz CT molecular complexity index is 1180. The number of halogens is 2. The number of urea groups is 1. The van der Waals surface area contributed by atoms with Gasteiger partial charge in [0.2, 0.25) is 0 Å². The largest absolute Gasteiger partial charge is 0.447 e. The molecule has 0 radical (unpaired) electrons. The van der Waals surface area contributed by atoms with Crippen LogP contribution in [0.5, 0.6) is 0 Å². The molecule has 192 valence electrons. The quantitative estimate of drug-likeness (QED) is 0.365. The first-order chi connectivity index (χ1) is 17.0. The SMILES string of the molecule is CN(C(=O)NCc1cccc(F)c1Cl)[C@H](COC(=O)Nc1cc(-c2ccccc2)on1)CC(C)(C)O. The molecule has 0 spiro atoms. The van der Waals surface area contributed by atoms with Crippen molar-refractivity contribution in [2.75, 3.05) is 19.0 Å². The topological polar surface area (TPSA) is 117 Å². The second kappa shape index (κ2) is 11.9. The van der Waals surface area contributed by atoms with Crippen LogP contribution < -0.4 is 10.6 Å². The van der Waals surface area contributed by atoms with Crippen molar-refractivity contribution < 1.29 is 28.3 Å². The molecule has 1 aromatic heterocycles. The number of likely N-dealkylation sites (N-methyl/N-ethyl adjacent to an activating group) is 1. The second-order valence-electron chi connectivity index (χ2n) is 8.82. The summed E-state index contributed by atoms with van der Waals surface area (Å²) in [6.45, 7) is 2.95. The lowest BCUT2D eigenvalue weighted by molar-refractivity contribution is 0.0277. The molecule has 0 saturated heterocycles. The summed E-state index contributed by atoms with van der Waals surface area (Å²) in [5.74, 6) is 0.0515. The molecule has 36 heavy (non-hydrogen) atoms. The van der Waals surface area contributed by atoms with Crippen molar-refractivity contribution in [2.45, 2.75) is 38.5 Å². The van der Waals surface area contributed by atoms with Crippen LogP contribution in [0.1, 0.15) is 25.8 Å². The van der Waals surface area contributed by atoms with E-state index in [-0.39, 0.29) is 30.4 Å². The molecule has 0 saturated carbocycles. The number of benzene rings is 2. The van der Waals surface area contributed by atoms with Crippen LogP contribution in [0, 0.1) is 5.82 Å². The molecular formula is C25H28ClFN4O5. The zero-order valence-electron chi connectivity index (χ0n) is 20.1. The summed E-state index contributed by atoms with van der Waals surface area (Å²) in [5.41, 5.74) is 0.0566. The minimum Gasteiger partial charge on any atom is -0.447 e. The van der Waals surface area contributed by atoms with Gasteiger partial charge in [-0.15, -0.1) is 0 Å². The summed E-state index contributed by atoms with van der Waals surface area (Å²) in [4.78, 5) is 26.4. The van der Waals surface area contributed by atoms with E-state index in [2.05, 4.69) is 15.8 Å². The maximum atomic E-state index is 13.6. The highest BCUT2D eigenvalue weighted by Gasteiger charge is 2.28. The molecule has 1 atom stereocenters. The molecule has 0 unspecified atom stereocenters. The molecule has 0 aliphatic rings. The lowest BCUT2D eigenvalue weighted by atomic mass is 9.99. The Morgan fingerprint density at radius 1 is 1.22 bits per heavy atom. The number of aliphatic hydroxyl groups is 1. The number of ether oxygens (including phenoxy) is 1. The summed E-state index contributed by atoms with van der Waals surface area (Å²) in [5, 5.41) is 19.2. The number of nitrogens with zero attached hydrogens (tertiary/aromatic N) is 2. The van der Waals surface area contributed by atoms with Crippen molar-refractivity contribution in [3.8, 4) is 11.3 Å². The number of anilines is 1. The summed E-state index contributed by atoms with van der Waals surface area (Å²) >= 11 is 5.94. The van der Waals surface area contributed by atoms with Gasteiger partial charge in [0.1, 0.15) is 12.4 Å². The monoisotopic (exact) mass is 518 g/mol. The van der Waals surface area contributed by atoms with Crippen LogP contribution in [0.2, 0.25) is 5.02 Å². The van der Waals surface area contributed by atoms with E-state index in [1.165, 1.54) is 24.1 Å². The van der Waals surface area contributed by atoms with Gasteiger partial charge in [0.05, 0.1) is 16.7 Å². The molecular weight excluding hydrogens is 491 g/mol. The third-order valence-electron chi connectivity index (χ3n) is 5.27.